The minimum absolute atomic E-state index is 0.483. The smallest absolute Gasteiger partial charge is 0.128 e. The molecule has 1 aromatic carbocycles. The van der Waals surface area contributed by atoms with Gasteiger partial charge < -0.3 is 4.90 Å². The molecular weight excluding hydrogens is 232 g/mol. The molecule has 1 nitrogen and oxygen atoms in total. The summed E-state index contributed by atoms with van der Waals surface area (Å²) in [4.78, 5) is 2.15. The Morgan fingerprint density at radius 2 is 1.44 bits per heavy atom. The first-order valence-corrected chi connectivity index (χ1v) is 6.60. The summed E-state index contributed by atoms with van der Waals surface area (Å²) in [6, 6.07) is 3.82. The van der Waals surface area contributed by atoms with Crippen LogP contribution in [0.5, 0.6) is 0 Å². The molecule has 1 heterocycles. The van der Waals surface area contributed by atoms with Crippen molar-refractivity contribution in [1.82, 2.24) is 0 Å². The fraction of sp³-hybridized carbons (Fsp3) is 0.467. The maximum Gasteiger partial charge on any atom is 0.128 e. The van der Waals surface area contributed by atoms with Crippen LogP contribution in [0, 0.1) is 35.3 Å². The van der Waals surface area contributed by atoms with Crippen molar-refractivity contribution in [2.45, 2.75) is 6.42 Å². The number of nitrogens with zero attached hydrogens (tertiary/aromatic N) is 1. The molecule has 1 aromatic rings. The van der Waals surface area contributed by atoms with Gasteiger partial charge in [0.1, 0.15) is 11.6 Å². The molecule has 1 saturated carbocycles. The molecule has 2 fully saturated rings. The van der Waals surface area contributed by atoms with Gasteiger partial charge in [-0.25, -0.2) is 8.78 Å². The second-order valence-corrected chi connectivity index (χ2v) is 5.81. The summed E-state index contributed by atoms with van der Waals surface area (Å²) in [5, 5.41) is 0. The van der Waals surface area contributed by atoms with Gasteiger partial charge in [-0.15, -0.1) is 0 Å². The van der Waals surface area contributed by atoms with Crippen molar-refractivity contribution in [3.63, 3.8) is 0 Å². The van der Waals surface area contributed by atoms with E-state index in [2.05, 4.69) is 17.1 Å². The van der Waals surface area contributed by atoms with E-state index in [4.69, 9.17) is 0 Å². The van der Waals surface area contributed by atoms with E-state index >= 15 is 0 Å². The molecule has 4 unspecified atom stereocenters. The Balaban J connectivity index is 1.62. The second kappa shape index (κ2) is 3.56. The third-order valence-electron chi connectivity index (χ3n) is 4.87. The molecule has 1 saturated heterocycles. The fourth-order valence-electron chi connectivity index (χ4n) is 4.08. The lowest BCUT2D eigenvalue weighted by Gasteiger charge is -2.20. The Labute approximate surface area is 105 Å². The van der Waals surface area contributed by atoms with Gasteiger partial charge in [-0.3, -0.25) is 0 Å². The van der Waals surface area contributed by atoms with E-state index in [0.717, 1.165) is 19.2 Å². The molecule has 2 bridgehead atoms. The van der Waals surface area contributed by atoms with Gasteiger partial charge in [0.15, 0.2) is 0 Å². The van der Waals surface area contributed by atoms with Gasteiger partial charge >= 0.3 is 0 Å². The van der Waals surface area contributed by atoms with Crippen LogP contribution in [0.4, 0.5) is 14.5 Å². The molecule has 0 spiro atoms. The zero-order valence-electron chi connectivity index (χ0n) is 10.0. The molecule has 18 heavy (non-hydrogen) atoms. The maximum absolute atomic E-state index is 13.3. The number of benzene rings is 1. The fourth-order valence-corrected chi connectivity index (χ4v) is 4.08. The van der Waals surface area contributed by atoms with Crippen molar-refractivity contribution in [2.75, 3.05) is 18.0 Å². The Bertz CT molecular complexity index is 485. The van der Waals surface area contributed by atoms with Crippen molar-refractivity contribution in [3.05, 3.63) is 42.0 Å². The Morgan fingerprint density at radius 1 is 0.889 bits per heavy atom. The molecule has 0 amide bonds. The second-order valence-electron chi connectivity index (χ2n) is 5.81. The van der Waals surface area contributed by atoms with Crippen LogP contribution < -0.4 is 4.90 Å². The molecule has 0 aromatic heterocycles. The SMILES string of the molecule is Fc1cc(F)cc(N2CC3C4C=CC(C4)C3C2)c1. The third kappa shape index (κ3) is 1.43. The highest BCUT2D eigenvalue weighted by atomic mass is 19.1. The van der Waals surface area contributed by atoms with Crippen LogP contribution in [0.2, 0.25) is 0 Å². The average molecular weight is 247 g/mol. The molecule has 94 valence electrons. The Morgan fingerprint density at radius 3 is 2.00 bits per heavy atom. The predicted octanol–water partition coefficient (Wildman–Crippen LogP) is 3.22. The zero-order chi connectivity index (χ0) is 12.3. The van der Waals surface area contributed by atoms with Crippen LogP contribution in [-0.4, -0.2) is 13.1 Å². The summed E-state index contributed by atoms with van der Waals surface area (Å²) in [6.07, 6.45) is 5.96. The monoisotopic (exact) mass is 247 g/mol. The number of rotatable bonds is 1. The van der Waals surface area contributed by atoms with Crippen LogP contribution in [-0.2, 0) is 0 Å². The molecular formula is C15H15F2N. The van der Waals surface area contributed by atoms with Crippen LogP contribution in [0.25, 0.3) is 0 Å². The summed E-state index contributed by atoms with van der Waals surface area (Å²) in [6.45, 7) is 1.89. The summed E-state index contributed by atoms with van der Waals surface area (Å²) in [5.41, 5.74) is 0.696. The van der Waals surface area contributed by atoms with E-state index < -0.39 is 11.6 Å². The van der Waals surface area contributed by atoms with E-state index in [1.165, 1.54) is 18.6 Å². The number of hydrogen-bond acceptors (Lipinski definition) is 1. The first-order valence-electron chi connectivity index (χ1n) is 6.60. The van der Waals surface area contributed by atoms with Gasteiger partial charge in [0, 0.05) is 24.8 Å². The standard InChI is InChI=1S/C15H15F2N/c16-11-4-12(17)6-13(5-11)18-7-14-9-1-2-10(3-9)15(14)8-18/h1-2,4-6,9-10,14-15H,3,7-8H2. The number of halogens is 2. The van der Waals surface area contributed by atoms with Crippen LogP contribution in [0.15, 0.2) is 30.4 Å². The van der Waals surface area contributed by atoms with Gasteiger partial charge in [0.05, 0.1) is 0 Å². The summed E-state index contributed by atoms with van der Waals surface area (Å²) < 4.78 is 26.5. The van der Waals surface area contributed by atoms with Crippen molar-refractivity contribution < 1.29 is 8.78 Å². The lowest BCUT2D eigenvalue weighted by molar-refractivity contribution is 0.395. The van der Waals surface area contributed by atoms with Gasteiger partial charge in [-0.05, 0) is 42.2 Å². The normalized spacial score (nSPS) is 36.4. The number of fused-ring (bicyclic) bond motifs is 5. The minimum Gasteiger partial charge on any atom is -0.371 e. The lowest BCUT2D eigenvalue weighted by atomic mass is 9.86. The summed E-state index contributed by atoms with van der Waals surface area (Å²) in [7, 11) is 0. The molecule has 4 rings (SSSR count). The Hall–Kier alpha value is -1.38. The van der Waals surface area contributed by atoms with Crippen LogP contribution in [0.3, 0.4) is 0 Å². The zero-order valence-corrected chi connectivity index (χ0v) is 10.0. The maximum atomic E-state index is 13.3. The van der Waals surface area contributed by atoms with Crippen LogP contribution >= 0.6 is 0 Å². The van der Waals surface area contributed by atoms with Gasteiger partial charge in [-0.2, -0.15) is 0 Å². The minimum atomic E-state index is -0.483. The van der Waals surface area contributed by atoms with Crippen molar-refractivity contribution in [1.29, 1.82) is 0 Å². The van der Waals surface area contributed by atoms with Crippen molar-refractivity contribution >= 4 is 5.69 Å². The van der Waals surface area contributed by atoms with E-state index in [-0.39, 0.29) is 0 Å². The predicted molar refractivity (Wildman–Crippen MR) is 66.3 cm³/mol. The van der Waals surface area contributed by atoms with Crippen molar-refractivity contribution in [3.8, 4) is 0 Å². The largest absolute Gasteiger partial charge is 0.371 e. The summed E-state index contributed by atoms with van der Waals surface area (Å²) in [5.74, 6) is 1.80. The third-order valence-corrected chi connectivity index (χ3v) is 4.87. The first-order chi connectivity index (χ1) is 8.70. The first kappa shape index (κ1) is 10.5. The van der Waals surface area contributed by atoms with Gasteiger partial charge in [-0.1, -0.05) is 12.2 Å². The van der Waals surface area contributed by atoms with E-state index in [0.29, 0.717) is 29.4 Å². The van der Waals surface area contributed by atoms with Gasteiger partial charge in [0.25, 0.3) is 0 Å². The van der Waals surface area contributed by atoms with E-state index in [1.54, 1.807) is 0 Å². The number of anilines is 1. The molecule has 0 N–H and O–H groups in total. The van der Waals surface area contributed by atoms with Crippen LogP contribution in [0.1, 0.15) is 6.42 Å². The molecule has 0 radical (unpaired) electrons. The van der Waals surface area contributed by atoms with Gasteiger partial charge in [0.2, 0.25) is 0 Å². The van der Waals surface area contributed by atoms with E-state index in [9.17, 15) is 8.78 Å². The Kier molecular flexibility index (Phi) is 2.08. The topological polar surface area (TPSA) is 3.24 Å². The highest BCUT2D eigenvalue weighted by molar-refractivity contribution is 5.49. The summed E-state index contributed by atoms with van der Waals surface area (Å²) >= 11 is 0. The lowest BCUT2D eigenvalue weighted by Crippen LogP contribution is -2.22. The molecule has 4 atom stereocenters. The highest BCUT2D eigenvalue weighted by Gasteiger charge is 2.49. The molecule has 1 aliphatic heterocycles. The van der Waals surface area contributed by atoms with E-state index in [1.807, 2.05) is 0 Å². The highest BCUT2D eigenvalue weighted by Crippen LogP contribution is 2.51. The quantitative estimate of drug-likeness (QED) is 0.689. The molecule has 3 heteroatoms. The average Bonchev–Trinajstić information content (AvgIpc) is 3.00. The molecule has 3 aliphatic rings. The number of allylic oxidation sites excluding steroid dienone is 2. The van der Waals surface area contributed by atoms with Crippen molar-refractivity contribution in [2.24, 2.45) is 23.7 Å². The molecule has 2 aliphatic carbocycles. The number of hydrogen-bond donors (Lipinski definition) is 0.